The number of amides is 2. The molecule has 0 aliphatic rings. The molecule has 0 saturated carbocycles. The summed E-state index contributed by atoms with van der Waals surface area (Å²) in [6, 6.07) is 6.88. The number of anilines is 1. The summed E-state index contributed by atoms with van der Waals surface area (Å²) in [4.78, 5) is 23.3. The topological polar surface area (TPSA) is 91.6 Å². The van der Waals surface area contributed by atoms with Gasteiger partial charge in [-0.2, -0.15) is 13.2 Å². The van der Waals surface area contributed by atoms with Crippen LogP contribution in [-0.4, -0.2) is 23.5 Å². The third-order valence-corrected chi connectivity index (χ3v) is 3.25. The molecule has 9 heteroatoms. The van der Waals surface area contributed by atoms with Gasteiger partial charge < -0.3 is 20.2 Å². The third-order valence-electron chi connectivity index (χ3n) is 3.25. The van der Waals surface area contributed by atoms with Crippen molar-refractivity contribution in [2.24, 2.45) is 0 Å². The highest BCUT2D eigenvalue weighted by atomic mass is 19.4. The lowest BCUT2D eigenvalue weighted by Crippen LogP contribution is -2.36. The molecule has 1 aromatic heterocycles. The van der Waals surface area contributed by atoms with Crippen molar-refractivity contribution in [1.82, 2.24) is 5.32 Å². The number of hydrogen-bond acceptors (Lipinski definition) is 4. The lowest BCUT2D eigenvalue weighted by molar-refractivity contribution is -0.137. The van der Waals surface area contributed by atoms with E-state index < -0.39 is 29.7 Å². The van der Waals surface area contributed by atoms with Crippen LogP contribution in [0.2, 0.25) is 0 Å². The van der Waals surface area contributed by atoms with Gasteiger partial charge in [-0.25, -0.2) is 0 Å². The van der Waals surface area contributed by atoms with Gasteiger partial charge in [0, 0.05) is 12.2 Å². The zero-order valence-electron chi connectivity index (χ0n) is 12.8. The van der Waals surface area contributed by atoms with Crippen molar-refractivity contribution < 1.29 is 32.3 Å². The highest BCUT2D eigenvalue weighted by Gasteiger charge is 2.30. The highest BCUT2D eigenvalue weighted by molar-refractivity contribution is 6.39. The average molecular weight is 356 g/mol. The molecule has 6 nitrogen and oxygen atoms in total. The summed E-state index contributed by atoms with van der Waals surface area (Å²) in [6.07, 6.45) is -3.87. The van der Waals surface area contributed by atoms with Crippen molar-refractivity contribution in [2.75, 3.05) is 11.9 Å². The number of carbonyl (C=O) groups excluding carboxylic acids is 2. The van der Waals surface area contributed by atoms with E-state index in [1.165, 1.54) is 6.26 Å². The minimum Gasteiger partial charge on any atom is -0.467 e. The zero-order chi connectivity index (χ0) is 18.4. The van der Waals surface area contributed by atoms with Gasteiger partial charge in [0.2, 0.25) is 0 Å². The molecular formula is C16H15F3N2O4. The first kappa shape index (κ1) is 18.5. The number of carbonyl (C=O) groups is 2. The number of aliphatic hydroxyl groups excluding tert-OH is 1. The average Bonchev–Trinajstić information content (AvgIpc) is 3.08. The minimum atomic E-state index is -4.48. The molecule has 1 heterocycles. The highest BCUT2D eigenvalue weighted by Crippen LogP contribution is 2.29. The normalized spacial score (nSPS) is 12.5. The Morgan fingerprint density at radius 3 is 2.36 bits per heavy atom. The van der Waals surface area contributed by atoms with E-state index in [1.807, 2.05) is 0 Å². The molecule has 1 atom stereocenters. The quantitative estimate of drug-likeness (QED) is 0.718. The van der Waals surface area contributed by atoms with Crippen molar-refractivity contribution in [3.8, 4) is 0 Å². The summed E-state index contributed by atoms with van der Waals surface area (Å²) in [5, 5.41) is 14.2. The van der Waals surface area contributed by atoms with Gasteiger partial charge in [0.05, 0.1) is 11.8 Å². The molecule has 0 fully saturated rings. The third kappa shape index (κ3) is 5.35. The molecule has 134 valence electrons. The molecule has 0 aliphatic carbocycles. The van der Waals surface area contributed by atoms with Crippen LogP contribution in [0.15, 0.2) is 47.1 Å². The molecule has 3 N–H and O–H groups in total. The van der Waals surface area contributed by atoms with Crippen LogP contribution in [0.5, 0.6) is 0 Å². The van der Waals surface area contributed by atoms with Crippen molar-refractivity contribution in [3.05, 3.63) is 54.0 Å². The van der Waals surface area contributed by atoms with E-state index in [2.05, 4.69) is 10.6 Å². The lowest BCUT2D eigenvalue weighted by atomic mass is 10.2. The number of nitrogens with one attached hydrogen (secondary N) is 2. The summed E-state index contributed by atoms with van der Waals surface area (Å²) < 4.78 is 42.3. The molecular weight excluding hydrogens is 341 g/mol. The maximum Gasteiger partial charge on any atom is 0.416 e. The van der Waals surface area contributed by atoms with Crippen molar-refractivity contribution in [2.45, 2.75) is 18.7 Å². The van der Waals surface area contributed by atoms with E-state index in [9.17, 15) is 27.9 Å². The number of rotatable bonds is 5. The van der Waals surface area contributed by atoms with Gasteiger partial charge in [0.15, 0.2) is 0 Å². The molecule has 2 amide bonds. The zero-order valence-corrected chi connectivity index (χ0v) is 12.8. The summed E-state index contributed by atoms with van der Waals surface area (Å²) in [5.74, 6) is -1.65. The number of aliphatic hydroxyl groups is 1. The molecule has 1 unspecified atom stereocenters. The first-order valence-corrected chi connectivity index (χ1v) is 7.25. The first-order chi connectivity index (χ1) is 11.8. The summed E-state index contributed by atoms with van der Waals surface area (Å²) in [7, 11) is 0. The van der Waals surface area contributed by atoms with Gasteiger partial charge >= 0.3 is 18.0 Å². The number of alkyl halides is 3. The Kier molecular flexibility index (Phi) is 5.81. The van der Waals surface area contributed by atoms with E-state index >= 15 is 0 Å². The molecule has 2 rings (SSSR count). The summed E-state index contributed by atoms with van der Waals surface area (Å²) >= 11 is 0. The largest absolute Gasteiger partial charge is 0.467 e. The second-order valence-corrected chi connectivity index (χ2v) is 5.11. The summed E-state index contributed by atoms with van der Waals surface area (Å²) in [5.41, 5.74) is -0.800. The number of furan rings is 1. The molecule has 0 aliphatic heterocycles. The molecule has 1 aromatic carbocycles. The fourth-order valence-corrected chi connectivity index (χ4v) is 1.96. The molecule has 0 bridgehead atoms. The van der Waals surface area contributed by atoms with Crippen LogP contribution in [0.3, 0.4) is 0 Å². The second kappa shape index (κ2) is 7.84. The van der Waals surface area contributed by atoms with Crippen LogP contribution < -0.4 is 10.6 Å². The van der Waals surface area contributed by atoms with Gasteiger partial charge in [-0.05, 0) is 42.8 Å². The van der Waals surface area contributed by atoms with Crippen molar-refractivity contribution in [3.63, 3.8) is 0 Å². The van der Waals surface area contributed by atoms with Crippen LogP contribution in [0.4, 0.5) is 18.9 Å². The van der Waals surface area contributed by atoms with Crippen LogP contribution in [0.25, 0.3) is 0 Å². The van der Waals surface area contributed by atoms with Gasteiger partial charge in [-0.1, -0.05) is 0 Å². The Balaban J connectivity index is 1.79. The number of hydrogen-bond donors (Lipinski definition) is 3. The van der Waals surface area contributed by atoms with Gasteiger partial charge in [0.25, 0.3) is 0 Å². The monoisotopic (exact) mass is 356 g/mol. The maximum absolute atomic E-state index is 12.4. The second-order valence-electron chi connectivity index (χ2n) is 5.11. The Morgan fingerprint density at radius 2 is 1.80 bits per heavy atom. The van der Waals surface area contributed by atoms with E-state index in [1.54, 1.807) is 12.1 Å². The molecule has 25 heavy (non-hydrogen) atoms. The molecule has 0 saturated heterocycles. The van der Waals surface area contributed by atoms with Gasteiger partial charge in [-0.3, -0.25) is 9.59 Å². The Bertz CT molecular complexity index is 712. The predicted octanol–water partition coefficient (Wildman–Crippen LogP) is 2.48. The fourth-order valence-electron chi connectivity index (χ4n) is 1.96. The van der Waals surface area contributed by atoms with Crippen LogP contribution in [0, 0.1) is 0 Å². The van der Waals surface area contributed by atoms with E-state index in [-0.39, 0.29) is 18.7 Å². The minimum absolute atomic E-state index is 0.0150. The standard InChI is InChI=1S/C16H15F3N2O4/c17-16(18,19)10-3-5-11(6-4-10)21-15(24)14(23)20-8-7-12(22)13-2-1-9-25-13/h1-6,9,12,22H,7-8H2,(H,20,23)(H,21,24). The van der Waals surface area contributed by atoms with Crippen molar-refractivity contribution >= 4 is 17.5 Å². The van der Waals surface area contributed by atoms with Crippen LogP contribution in [-0.2, 0) is 15.8 Å². The number of halogens is 3. The van der Waals surface area contributed by atoms with Gasteiger partial charge in [0.1, 0.15) is 11.9 Å². The molecule has 0 spiro atoms. The Morgan fingerprint density at radius 1 is 1.12 bits per heavy atom. The van der Waals surface area contributed by atoms with Crippen LogP contribution in [0.1, 0.15) is 23.8 Å². The summed E-state index contributed by atoms with van der Waals surface area (Å²) in [6.45, 7) is 0.0150. The van der Waals surface area contributed by atoms with E-state index in [0.29, 0.717) is 5.76 Å². The maximum atomic E-state index is 12.4. The Hall–Kier alpha value is -2.81. The SMILES string of the molecule is O=C(NCCC(O)c1ccco1)C(=O)Nc1ccc(C(F)(F)F)cc1. The smallest absolute Gasteiger partial charge is 0.416 e. The first-order valence-electron chi connectivity index (χ1n) is 7.25. The predicted molar refractivity (Wildman–Crippen MR) is 81.4 cm³/mol. The molecule has 2 aromatic rings. The molecule has 0 radical (unpaired) electrons. The lowest BCUT2D eigenvalue weighted by Gasteiger charge is -2.10. The van der Waals surface area contributed by atoms with Crippen molar-refractivity contribution in [1.29, 1.82) is 0 Å². The van der Waals surface area contributed by atoms with Crippen LogP contribution >= 0.6 is 0 Å². The fraction of sp³-hybridized carbons (Fsp3) is 0.250. The van der Waals surface area contributed by atoms with Gasteiger partial charge in [-0.15, -0.1) is 0 Å². The van der Waals surface area contributed by atoms with E-state index in [0.717, 1.165) is 24.3 Å². The Labute approximate surface area is 140 Å². The number of benzene rings is 1. The van der Waals surface area contributed by atoms with E-state index in [4.69, 9.17) is 4.42 Å².